The van der Waals surface area contributed by atoms with Crippen LogP contribution in [-0.4, -0.2) is 51.7 Å². The molecule has 122 valence electrons. The molecule has 0 aromatic heterocycles. The van der Waals surface area contributed by atoms with Crippen molar-refractivity contribution in [1.29, 1.82) is 0 Å². The number of hydrogen-bond acceptors (Lipinski definition) is 2. The molecule has 0 fully saturated rings. The van der Waals surface area contributed by atoms with Crippen LogP contribution in [0.2, 0.25) is 5.16 Å². The Morgan fingerprint density at radius 3 is 1.00 bits per heavy atom. The van der Waals surface area contributed by atoms with Crippen molar-refractivity contribution >= 4 is 19.4 Å². The standard InChI is InChI=1S/C16H40N2Si2/c1-12(2)17(15(6,7)8)19-14(5)20-18(13(3)4)16(9,10)11/h12-14H,19-20H2,1-11H3. The van der Waals surface area contributed by atoms with Crippen molar-refractivity contribution < 1.29 is 0 Å². The summed E-state index contributed by atoms with van der Waals surface area (Å²) in [6.45, 7) is 26.2. The van der Waals surface area contributed by atoms with Crippen LogP contribution in [-0.2, 0) is 0 Å². The summed E-state index contributed by atoms with van der Waals surface area (Å²) < 4.78 is 5.59. The second kappa shape index (κ2) is 7.57. The quantitative estimate of drug-likeness (QED) is 0.695. The van der Waals surface area contributed by atoms with Crippen LogP contribution < -0.4 is 0 Å². The third-order valence-corrected chi connectivity index (χ3v) is 10.9. The second-order valence-electron chi connectivity index (χ2n) is 8.94. The monoisotopic (exact) mass is 316 g/mol. The molecule has 0 rings (SSSR count). The van der Waals surface area contributed by atoms with E-state index in [9.17, 15) is 0 Å². The van der Waals surface area contributed by atoms with Gasteiger partial charge in [0.2, 0.25) is 0 Å². The Bertz CT molecular complexity index is 249. The van der Waals surface area contributed by atoms with Crippen molar-refractivity contribution in [2.45, 2.75) is 104 Å². The minimum atomic E-state index is -0.181. The summed E-state index contributed by atoms with van der Waals surface area (Å²) >= 11 is 0. The average molecular weight is 317 g/mol. The van der Waals surface area contributed by atoms with Gasteiger partial charge >= 0.3 is 0 Å². The maximum atomic E-state index is 2.80. The third-order valence-electron chi connectivity index (χ3n) is 3.99. The summed E-state index contributed by atoms with van der Waals surface area (Å²) in [7, 11) is -0.363. The molecular formula is C16H40N2Si2. The van der Waals surface area contributed by atoms with E-state index in [1.807, 2.05) is 0 Å². The average Bonchev–Trinajstić information content (AvgIpc) is 2.18. The fourth-order valence-electron chi connectivity index (χ4n) is 3.25. The van der Waals surface area contributed by atoms with E-state index in [-0.39, 0.29) is 19.4 Å². The summed E-state index contributed by atoms with van der Waals surface area (Å²) in [5, 5.41) is 0.957. The highest BCUT2D eigenvalue weighted by Gasteiger charge is 2.29. The van der Waals surface area contributed by atoms with Crippen LogP contribution in [0.3, 0.4) is 0 Å². The maximum absolute atomic E-state index is 2.80. The first-order chi connectivity index (χ1) is 8.76. The van der Waals surface area contributed by atoms with Crippen LogP contribution in [0.4, 0.5) is 0 Å². The van der Waals surface area contributed by atoms with Gasteiger partial charge in [-0.3, -0.25) is 0 Å². The predicted octanol–water partition coefficient (Wildman–Crippen LogP) is 2.94. The van der Waals surface area contributed by atoms with Crippen LogP contribution in [0.5, 0.6) is 0 Å². The van der Waals surface area contributed by atoms with Gasteiger partial charge in [0.25, 0.3) is 0 Å². The van der Waals surface area contributed by atoms with E-state index < -0.39 is 0 Å². The lowest BCUT2D eigenvalue weighted by molar-refractivity contribution is 0.204. The van der Waals surface area contributed by atoms with Crippen LogP contribution >= 0.6 is 0 Å². The molecular weight excluding hydrogens is 276 g/mol. The van der Waals surface area contributed by atoms with Gasteiger partial charge in [-0.15, -0.1) is 0 Å². The Balaban J connectivity index is 4.79. The molecule has 0 saturated heterocycles. The molecule has 0 atom stereocenters. The number of nitrogens with zero attached hydrogens (tertiary/aromatic N) is 2. The molecule has 2 nitrogen and oxygen atoms in total. The molecule has 0 spiro atoms. The molecule has 0 bridgehead atoms. The van der Waals surface area contributed by atoms with Crippen molar-refractivity contribution in [3.05, 3.63) is 0 Å². The Morgan fingerprint density at radius 1 is 0.600 bits per heavy atom. The van der Waals surface area contributed by atoms with Crippen LogP contribution in [0.15, 0.2) is 0 Å². The number of hydrogen-bond donors (Lipinski definition) is 0. The van der Waals surface area contributed by atoms with E-state index >= 15 is 0 Å². The largest absolute Gasteiger partial charge is 0.322 e. The van der Waals surface area contributed by atoms with E-state index in [0.717, 1.165) is 5.16 Å². The fourth-order valence-corrected chi connectivity index (χ4v) is 8.66. The van der Waals surface area contributed by atoms with Gasteiger partial charge in [0.1, 0.15) is 0 Å². The van der Waals surface area contributed by atoms with E-state index in [4.69, 9.17) is 0 Å². The molecule has 0 unspecified atom stereocenters. The molecule has 4 heteroatoms. The summed E-state index contributed by atoms with van der Waals surface area (Å²) in [6.07, 6.45) is 0. The van der Waals surface area contributed by atoms with E-state index in [2.05, 4.69) is 85.3 Å². The van der Waals surface area contributed by atoms with Crippen molar-refractivity contribution in [3.8, 4) is 0 Å². The highest BCUT2D eigenvalue weighted by Crippen LogP contribution is 2.22. The SMILES string of the molecule is CC([SiH2]N(C(C)C)C(C)(C)C)[SiH2]N(C(C)C)C(C)(C)C. The van der Waals surface area contributed by atoms with Crippen LogP contribution in [0, 0.1) is 0 Å². The Morgan fingerprint density at radius 2 is 0.850 bits per heavy atom. The summed E-state index contributed by atoms with van der Waals surface area (Å²) in [5.41, 5.74) is 0.654. The summed E-state index contributed by atoms with van der Waals surface area (Å²) in [5.74, 6) is 0. The first-order valence-electron chi connectivity index (χ1n) is 8.30. The van der Waals surface area contributed by atoms with Gasteiger partial charge in [-0.1, -0.05) is 34.6 Å². The molecule has 0 aromatic carbocycles. The lowest BCUT2D eigenvalue weighted by Crippen LogP contribution is -2.53. The highest BCUT2D eigenvalue weighted by molar-refractivity contribution is 6.56. The zero-order chi connectivity index (χ0) is 16.3. The molecule has 0 aliphatic rings. The highest BCUT2D eigenvalue weighted by atomic mass is 28.3. The molecule has 0 amide bonds. The zero-order valence-corrected chi connectivity index (χ0v) is 18.9. The van der Waals surface area contributed by atoms with Gasteiger partial charge in [-0.05, 0) is 58.8 Å². The fraction of sp³-hybridized carbons (Fsp3) is 1.00. The molecule has 0 N–H and O–H groups in total. The van der Waals surface area contributed by atoms with Crippen LogP contribution in [0.25, 0.3) is 0 Å². The lowest BCUT2D eigenvalue weighted by atomic mass is 10.1. The van der Waals surface area contributed by atoms with E-state index in [1.165, 1.54) is 0 Å². The van der Waals surface area contributed by atoms with Crippen molar-refractivity contribution in [1.82, 2.24) is 9.13 Å². The van der Waals surface area contributed by atoms with E-state index in [1.54, 1.807) is 0 Å². The van der Waals surface area contributed by atoms with Gasteiger partial charge in [0, 0.05) is 11.1 Å². The van der Waals surface area contributed by atoms with Gasteiger partial charge in [-0.2, -0.15) is 0 Å². The molecule has 0 aliphatic carbocycles. The molecule has 20 heavy (non-hydrogen) atoms. The van der Waals surface area contributed by atoms with Gasteiger partial charge in [-0.25, -0.2) is 0 Å². The second-order valence-corrected chi connectivity index (χ2v) is 15.0. The van der Waals surface area contributed by atoms with Gasteiger partial charge in [0.05, 0.1) is 19.4 Å². The molecule has 0 aliphatic heterocycles. The molecule has 0 aromatic rings. The number of rotatable bonds is 6. The predicted molar refractivity (Wildman–Crippen MR) is 100.0 cm³/mol. The Labute approximate surface area is 133 Å². The molecule has 0 saturated carbocycles. The Hall–Kier alpha value is 0.354. The van der Waals surface area contributed by atoms with E-state index in [0.29, 0.717) is 23.2 Å². The van der Waals surface area contributed by atoms with Crippen molar-refractivity contribution in [2.75, 3.05) is 0 Å². The zero-order valence-electron chi connectivity index (χ0n) is 16.0. The first-order valence-corrected chi connectivity index (χ1v) is 11.2. The maximum Gasteiger partial charge on any atom is 0.0969 e. The summed E-state index contributed by atoms with van der Waals surface area (Å²) in [6, 6.07) is 1.36. The topological polar surface area (TPSA) is 6.48 Å². The van der Waals surface area contributed by atoms with Gasteiger partial charge < -0.3 is 9.13 Å². The van der Waals surface area contributed by atoms with Crippen LogP contribution in [0.1, 0.15) is 76.2 Å². The lowest BCUT2D eigenvalue weighted by Gasteiger charge is -2.44. The molecule has 0 radical (unpaired) electrons. The first kappa shape index (κ1) is 20.4. The minimum Gasteiger partial charge on any atom is -0.322 e. The van der Waals surface area contributed by atoms with Gasteiger partial charge in [0.15, 0.2) is 0 Å². The Kier molecular flexibility index (Phi) is 7.70. The normalized spacial score (nSPS) is 16.9. The minimum absolute atomic E-state index is 0.181. The summed E-state index contributed by atoms with van der Waals surface area (Å²) in [4.78, 5) is 0. The van der Waals surface area contributed by atoms with Crippen molar-refractivity contribution in [2.24, 2.45) is 0 Å². The third kappa shape index (κ3) is 6.88. The molecule has 0 heterocycles. The smallest absolute Gasteiger partial charge is 0.0969 e. The van der Waals surface area contributed by atoms with Crippen molar-refractivity contribution in [3.63, 3.8) is 0 Å².